The van der Waals surface area contributed by atoms with E-state index in [0.717, 1.165) is 24.2 Å². The fraction of sp³-hybridized carbons (Fsp3) is 0.417. The maximum Gasteiger partial charge on any atom is 0.218 e. The molecule has 0 atom stereocenters. The van der Waals surface area contributed by atoms with Crippen molar-refractivity contribution in [3.63, 3.8) is 0 Å². The van der Waals surface area contributed by atoms with Gasteiger partial charge in [0.15, 0.2) is 0 Å². The Balaban J connectivity index is 2.56. The van der Waals surface area contributed by atoms with E-state index in [1.54, 1.807) is 0 Å². The first kappa shape index (κ1) is 10.8. The quantitative estimate of drug-likeness (QED) is 0.680. The number of rotatable bonds is 4. The molecule has 1 aromatic heterocycles. The van der Waals surface area contributed by atoms with Crippen LogP contribution in [0.3, 0.4) is 0 Å². The Labute approximate surface area is 85.6 Å². The summed E-state index contributed by atoms with van der Waals surface area (Å²) in [5.74, 6) is 1.59. The summed E-state index contributed by atoms with van der Waals surface area (Å²) in [6, 6.07) is 3.88. The smallest absolute Gasteiger partial charge is 0.218 e. The SMILES string of the molecule is CCC/C=C(/C)Oc1ccc(C)cn1. The Bertz CT molecular complexity index is 301. The molecule has 2 heteroatoms. The van der Waals surface area contributed by atoms with Gasteiger partial charge in [-0.3, -0.25) is 0 Å². The van der Waals surface area contributed by atoms with Gasteiger partial charge in [-0.2, -0.15) is 0 Å². The number of allylic oxidation sites excluding steroid dienone is 2. The molecule has 0 radical (unpaired) electrons. The first-order valence-electron chi connectivity index (χ1n) is 4.99. The molecule has 0 saturated heterocycles. The van der Waals surface area contributed by atoms with Crippen molar-refractivity contribution in [2.24, 2.45) is 0 Å². The number of hydrogen-bond donors (Lipinski definition) is 0. The van der Waals surface area contributed by atoms with Crippen LogP contribution in [0.5, 0.6) is 5.88 Å². The highest BCUT2D eigenvalue weighted by atomic mass is 16.5. The van der Waals surface area contributed by atoms with Crippen LogP contribution in [0.15, 0.2) is 30.2 Å². The lowest BCUT2D eigenvalue weighted by Crippen LogP contribution is -1.93. The van der Waals surface area contributed by atoms with E-state index >= 15 is 0 Å². The Morgan fingerprint density at radius 3 is 2.86 bits per heavy atom. The Hall–Kier alpha value is -1.31. The summed E-state index contributed by atoms with van der Waals surface area (Å²) in [5, 5.41) is 0. The monoisotopic (exact) mass is 191 g/mol. The van der Waals surface area contributed by atoms with Crippen LogP contribution in [0.1, 0.15) is 32.3 Å². The number of pyridine rings is 1. The van der Waals surface area contributed by atoms with E-state index in [1.807, 2.05) is 32.2 Å². The Morgan fingerprint density at radius 1 is 1.50 bits per heavy atom. The van der Waals surface area contributed by atoms with Crippen molar-refractivity contribution in [2.45, 2.75) is 33.6 Å². The van der Waals surface area contributed by atoms with Crippen molar-refractivity contribution in [1.29, 1.82) is 0 Å². The van der Waals surface area contributed by atoms with Crippen LogP contribution in [0.2, 0.25) is 0 Å². The molecule has 1 rings (SSSR count). The second kappa shape index (κ2) is 5.43. The molecule has 1 aromatic rings. The van der Waals surface area contributed by atoms with E-state index in [0.29, 0.717) is 5.88 Å². The minimum atomic E-state index is 0.667. The fourth-order valence-corrected chi connectivity index (χ4v) is 1.07. The fourth-order valence-electron chi connectivity index (χ4n) is 1.07. The van der Waals surface area contributed by atoms with E-state index in [1.165, 1.54) is 0 Å². The summed E-state index contributed by atoms with van der Waals surface area (Å²) in [5.41, 5.74) is 1.15. The number of aromatic nitrogens is 1. The van der Waals surface area contributed by atoms with Crippen molar-refractivity contribution in [3.05, 3.63) is 35.7 Å². The molecule has 0 unspecified atom stereocenters. The highest BCUT2D eigenvalue weighted by Gasteiger charge is 1.95. The predicted octanol–water partition coefficient (Wildman–Crippen LogP) is 3.47. The predicted molar refractivity (Wildman–Crippen MR) is 58.3 cm³/mol. The van der Waals surface area contributed by atoms with Crippen molar-refractivity contribution in [1.82, 2.24) is 4.98 Å². The molecule has 2 nitrogen and oxygen atoms in total. The van der Waals surface area contributed by atoms with E-state index in [-0.39, 0.29) is 0 Å². The normalized spacial score (nSPS) is 11.5. The molecule has 0 aliphatic rings. The summed E-state index contributed by atoms with van der Waals surface area (Å²) in [6.07, 6.45) is 6.09. The van der Waals surface area contributed by atoms with E-state index < -0.39 is 0 Å². The third-order valence-corrected chi connectivity index (χ3v) is 1.87. The van der Waals surface area contributed by atoms with Gasteiger partial charge in [0, 0.05) is 12.3 Å². The minimum Gasteiger partial charge on any atom is -0.444 e. The molecule has 0 fully saturated rings. The lowest BCUT2D eigenvalue weighted by molar-refractivity contribution is 0.408. The summed E-state index contributed by atoms with van der Waals surface area (Å²) in [4.78, 5) is 4.16. The van der Waals surface area contributed by atoms with Crippen LogP contribution in [0, 0.1) is 6.92 Å². The molecule has 0 aliphatic heterocycles. The van der Waals surface area contributed by atoms with Crippen LogP contribution >= 0.6 is 0 Å². The molecular weight excluding hydrogens is 174 g/mol. The summed E-state index contributed by atoms with van der Waals surface area (Å²) in [6.45, 7) is 6.11. The van der Waals surface area contributed by atoms with Crippen LogP contribution in [0.4, 0.5) is 0 Å². The second-order valence-electron chi connectivity index (χ2n) is 3.38. The first-order chi connectivity index (χ1) is 6.72. The van der Waals surface area contributed by atoms with Crippen LogP contribution < -0.4 is 4.74 Å². The number of ether oxygens (including phenoxy) is 1. The van der Waals surface area contributed by atoms with Gasteiger partial charge >= 0.3 is 0 Å². The molecule has 0 aliphatic carbocycles. The third kappa shape index (κ3) is 3.60. The van der Waals surface area contributed by atoms with Gasteiger partial charge in [0.2, 0.25) is 5.88 Å². The van der Waals surface area contributed by atoms with E-state index in [4.69, 9.17) is 4.74 Å². The van der Waals surface area contributed by atoms with Gasteiger partial charge in [-0.25, -0.2) is 4.98 Å². The van der Waals surface area contributed by atoms with Crippen molar-refractivity contribution < 1.29 is 4.74 Å². The van der Waals surface area contributed by atoms with Gasteiger partial charge in [0.05, 0.1) is 5.76 Å². The highest BCUT2D eigenvalue weighted by molar-refractivity contribution is 5.18. The van der Waals surface area contributed by atoms with E-state index in [9.17, 15) is 0 Å². The summed E-state index contributed by atoms with van der Waals surface area (Å²) in [7, 11) is 0. The Kier molecular flexibility index (Phi) is 4.17. The van der Waals surface area contributed by atoms with Crippen molar-refractivity contribution >= 4 is 0 Å². The summed E-state index contributed by atoms with van der Waals surface area (Å²) < 4.78 is 5.52. The first-order valence-corrected chi connectivity index (χ1v) is 4.99. The van der Waals surface area contributed by atoms with Crippen LogP contribution in [-0.2, 0) is 0 Å². The number of hydrogen-bond acceptors (Lipinski definition) is 2. The van der Waals surface area contributed by atoms with Gasteiger partial charge in [-0.1, -0.05) is 19.4 Å². The molecule has 0 saturated carbocycles. The minimum absolute atomic E-state index is 0.667. The molecular formula is C12H17NO. The van der Waals surface area contributed by atoms with Gasteiger partial charge in [-0.15, -0.1) is 0 Å². The average Bonchev–Trinajstić information content (AvgIpc) is 2.18. The van der Waals surface area contributed by atoms with Crippen LogP contribution in [-0.4, -0.2) is 4.98 Å². The maximum absolute atomic E-state index is 5.52. The topological polar surface area (TPSA) is 22.1 Å². The lowest BCUT2D eigenvalue weighted by Gasteiger charge is -2.04. The Morgan fingerprint density at radius 2 is 2.29 bits per heavy atom. The maximum atomic E-state index is 5.52. The third-order valence-electron chi connectivity index (χ3n) is 1.87. The molecule has 0 bridgehead atoms. The van der Waals surface area contributed by atoms with Crippen molar-refractivity contribution in [2.75, 3.05) is 0 Å². The zero-order valence-corrected chi connectivity index (χ0v) is 9.08. The number of aryl methyl sites for hydroxylation is 1. The van der Waals surface area contributed by atoms with Gasteiger partial charge in [0.1, 0.15) is 0 Å². The standard InChI is InChI=1S/C12H17NO/c1-4-5-6-11(3)14-12-8-7-10(2)9-13-12/h6-9H,4-5H2,1-3H3/b11-6-. The molecule has 1 heterocycles. The summed E-state index contributed by atoms with van der Waals surface area (Å²) >= 11 is 0. The second-order valence-corrected chi connectivity index (χ2v) is 3.38. The molecule has 0 spiro atoms. The molecule has 0 N–H and O–H groups in total. The van der Waals surface area contributed by atoms with Gasteiger partial charge < -0.3 is 4.74 Å². The number of unbranched alkanes of at least 4 members (excludes halogenated alkanes) is 1. The lowest BCUT2D eigenvalue weighted by atomic mass is 10.3. The number of nitrogens with zero attached hydrogens (tertiary/aromatic N) is 1. The average molecular weight is 191 g/mol. The largest absolute Gasteiger partial charge is 0.444 e. The van der Waals surface area contributed by atoms with Crippen molar-refractivity contribution in [3.8, 4) is 5.88 Å². The van der Waals surface area contributed by atoms with Crippen LogP contribution in [0.25, 0.3) is 0 Å². The molecule has 0 amide bonds. The van der Waals surface area contributed by atoms with Gasteiger partial charge in [-0.05, 0) is 31.9 Å². The zero-order valence-electron chi connectivity index (χ0n) is 9.08. The van der Waals surface area contributed by atoms with E-state index in [2.05, 4.69) is 18.0 Å². The highest BCUT2D eigenvalue weighted by Crippen LogP contribution is 2.10. The zero-order chi connectivity index (χ0) is 10.4. The molecule has 76 valence electrons. The van der Waals surface area contributed by atoms with Gasteiger partial charge in [0.25, 0.3) is 0 Å². The molecule has 14 heavy (non-hydrogen) atoms. The molecule has 0 aromatic carbocycles.